The van der Waals surface area contributed by atoms with E-state index in [1.54, 1.807) is 0 Å². The first-order valence-corrected chi connectivity index (χ1v) is 5.74. The Bertz CT molecular complexity index is 419. The Balaban J connectivity index is 3.21. The zero-order chi connectivity index (χ0) is 13.5. The summed E-state index contributed by atoms with van der Waals surface area (Å²) in [7, 11) is 4.27. The van der Waals surface area contributed by atoms with E-state index in [0.29, 0.717) is 35.3 Å². The van der Waals surface area contributed by atoms with Crippen LogP contribution >= 0.6 is 11.6 Å². The second-order valence-corrected chi connectivity index (χ2v) is 3.62. The van der Waals surface area contributed by atoms with Gasteiger partial charge in [-0.15, -0.1) is 11.6 Å². The van der Waals surface area contributed by atoms with Crippen molar-refractivity contribution in [1.82, 2.24) is 0 Å². The Morgan fingerprint density at radius 2 is 1.83 bits per heavy atom. The first-order chi connectivity index (χ1) is 8.67. The van der Waals surface area contributed by atoms with Crippen LogP contribution in [0.25, 0.3) is 0 Å². The Morgan fingerprint density at radius 1 is 1.17 bits per heavy atom. The Morgan fingerprint density at radius 3 is 2.33 bits per heavy atom. The Kier molecular flexibility index (Phi) is 5.58. The summed E-state index contributed by atoms with van der Waals surface area (Å²) < 4.78 is 20.4. The average Bonchev–Trinajstić information content (AvgIpc) is 2.42. The average molecular weight is 275 g/mol. The summed E-state index contributed by atoms with van der Waals surface area (Å²) in [5.41, 5.74) is 0.319. The van der Waals surface area contributed by atoms with Crippen LogP contribution in [0.3, 0.4) is 0 Å². The van der Waals surface area contributed by atoms with E-state index in [-0.39, 0.29) is 0 Å². The number of hydrogen-bond donors (Lipinski definition) is 0. The lowest BCUT2D eigenvalue weighted by Gasteiger charge is -2.14. The van der Waals surface area contributed by atoms with Gasteiger partial charge in [0.1, 0.15) is 6.61 Å². The molecule has 0 saturated carbocycles. The number of esters is 1. The first kappa shape index (κ1) is 14.4. The van der Waals surface area contributed by atoms with Gasteiger partial charge < -0.3 is 18.9 Å². The van der Waals surface area contributed by atoms with Crippen molar-refractivity contribution < 1.29 is 23.7 Å². The second-order valence-electron chi connectivity index (χ2n) is 3.24. The van der Waals surface area contributed by atoms with Gasteiger partial charge in [-0.3, -0.25) is 0 Å². The summed E-state index contributed by atoms with van der Waals surface area (Å²) in [4.78, 5) is 11.5. The van der Waals surface area contributed by atoms with Gasteiger partial charge in [-0.25, -0.2) is 4.79 Å². The molecule has 0 spiro atoms. The molecule has 0 bridgehead atoms. The predicted molar refractivity (Wildman–Crippen MR) is 67.1 cm³/mol. The molecule has 0 aliphatic heterocycles. The van der Waals surface area contributed by atoms with Crippen LogP contribution in [0.15, 0.2) is 12.1 Å². The van der Waals surface area contributed by atoms with Gasteiger partial charge in [-0.05, 0) is 12.1 Å². The number of hydrogen-bond acceptors (Lipinski definition) is 5. The largest absolute Gasteiger partial charge is 0.493 e. The summed E-state index contributed by atoms with van der Waals surface area (Å²) in [5.74, 6) is 1.04. The molecule has 5 nitrogen and oxygen atoms in total. The molecular weight excluding hydrogens is 260 g/mol. The van der Waals surface area contributed by atoms with Crippen LogP contribution < -0.4 is 14.2 Å². The molecule has 0 N–H and O–H groups in total. The van der Waals surface area contributed by atoms with Crippen molar-refractivity contribution in [2.45, 2.75) is 0 Å². The van der Waals surface area contributed by atoms with Crippen LogP contribution in [-0.2, 0) is 4.74 Å². The molecule has 6 heteroatoms. The van der Waals surface area contributed by atoms with E-state index in [0.717, 1.165) is 0 Å². The van der Waals surface area contributed by atoms with E-state index in [1.807, 2.05) is 0 Å². The highest BCUT2D eigenvalue weighted by Crippen LogP contribution is 2.38. The minimum absolute atomic E-state index is 0.297. The predicted octanol–water partition coefficient (Wildman–Crippen LogP) is 2.11. The Labute approximate surface area is 111 Å². The highest BCUT2D eigenvalue weighted by Gasteiger charge is 2.17. The fourth-order valence-electron chi connectivity index (χ4n) is 1.42. The van der Waals surface area contributed by atoms with E-state index < -0.39 is 5.97 Å². The SMILES string of the molecule is COC(=O)c1cc(OC)c(OC)c(OCCCl)c1. The van der Waals surface area contributed by atoms with Gasteiger partial charge in [-0.2, -0.15) is 0 Å². The smallest absolute Gasteiger partial charge is 0.338 e. The van der Waals surface area contributed by atoms with Crippen molar-refractivity contribution in [3.05, 3.63) is 17.7 Å². The molecule has 0 fully saturated rings. The number of rotatable bonds is 6. The van der Waals surface area contributed by atoms with Crippen LogP contribution in [0.1, 0.15) is 10.4 Å². The van der Waals surface area contributed by atoms with Gasteiger partial charge in [0.2, 0.25) is 5.75 Å². The lowest BCUT2D eigenvalue weighted by Crippen LogP contribution is -2.06. The molecular formula is C12H15ClO5. The maximum absolute atomic E-state index is 11.5. The normalized spacial score (nSPS) is 9.78. The van der Waals surface area contributed by atoms with Gasteiger partial charge in [0.15, 0.2) is 11.5 Å². The number of carbonyl (C=O) groups excluding carboxylic acids is 1. The van der Waals surface area contributed by atoms with Crippen LogP contribution in [0, 0.1) is 0 Å². The fourth-order valence-corrected chi connectivity index (χ4v) is 1.50. The van der Waals surface area contributed by atoms with Crippen LogP contribution in [0.2, 0.25) is 0 Å². The van der Waals surface area contributed by atoms with E-state index >= 15 is 0 Å². The highest BCUT2D eigenvalue weighted by molar-refractivity contribution is 6.18. The number of halogens is 1. The molecule has 0 heterocycles. The molecule has 18 heavy (non-hydrogen) atoms. The summed E-state index contributed by atoms with van der Waals surface area (Å²) in [6.45, 7) is 0.297. The number of alkyl halides is 1. The number of ether oxygens (including phenoxy) is 4. The third kappa shape index (κ3) is 3.20. The minimum atomic E-state index is -0.480. The van der Waals surface area contributed by atoms with Crippen molar-refractivity contribution in [2.75, 3.05) is 33.8 Å². The zero-order valence-electron chi connectivity index (χ0n) is 10.5. The molecule has 0 aliphatic carbocycles. The van der Waals surface area contributed by atoms with Crippen molar-refractivity contribution in [3.8, 4) is 17.2 Å². The summed E-state index contributed by atoms with van der Waals surface area (Å²) >= 11 is 5.56. The highest BCUT2D eigenvalue weighted by atomic mass is 35.5. The summed E-state index contributed by atoms with van der Waals surface area (Å²) in [6, 6.07) is 3.05. The monoisotopic (exact) mass is 274 g/mol. The number of carbonyl (C=O) groups is 1. The third-order valence-corrected chi connectivity index (χ3v) is 2.35. The molecule has 0 radical (unpaired) electrons. The maximum atomic E-state index is 11.5. The quantitative estimate of drug-likeness (QED) is 0.587. The number of methoxy groups -OCH3 is 3. The minimum Gasteiger partial charge on any atom is -0.493 e. The van der Waals surface area contributed by atoms with Crippen molar-refractivity contribution in [1.29, 1.82) is 0 Å². The molecule has 0 atom stereocenters. The Hall–Kier alpha value is -1.62. The van der Waals surface area contributed by atoms with E-state index in [4.69, 9.17) is 25.8 Å². The molecule has 0 aliphatic rings. The molecule has 0 amide bonds. The van der Waals surface area contributed by atoms with Gasteiger partial charge >= 0.3 is 5.97 Å². The molecule has 0 aromatic heterocycles. The van der Waals surface area contributed by atoms with Crippen molar-refractivity contribution in [3.63, 3.8) is 0 Å². The topological polar surface area (TPSA) is 54.0 Å². The maximum Gasteiger partial charge on any atom is 0.338 e. The van der Waals surface area contributed by atoms with Crippen molar-refractivity contribution in [2.24, 2.45) is 0 Å². The van der Waals surface area contributed by atoms with Crippen LogP contribution in [-0.4, -0.2) is 39.8 Å². The molecule has 100 valence electrons. The lowest BCUT2D eigenvalue weighted by molar-refractivity contribution is 0.0599. The molecule has 0 saturated heterocycles. The van der Waals surface area contributed by atoms with Crippen LogP contribution in [0.5, 0.6) is 17.2 Å². The van der Waals surface area contributed by atoms with E-state index in [1.165, 1.54) is 33.5 Å². The lowest BCUT2D eigenvalue weighted by atomic mass is 10.2. The molecule has 1 aromatic rings. The van der Waals surface area contributed by atoms with Gasteiger partial charge in [0.05, 0.1) is 32.8 Å². The molecule has 1 aromatic carbocycles. The third-order valence-electron chi connectivity index (χ3n) is 2.20. The summed E-state index contributed by atoms with van der Waals surface area (Å²) in [5, 5.41) is 0. The van der Waals surface area contributed by atoms with E-state index in [9.17, 15) is 4.79 Å². The molecule has 1 rings (SSSR count). The zero-order valence-corrected chi connectivity index (χ0v) is 11.2. The molecule has 0 unspecified atom stereocenters. The number of benzene rings is 1. The standard InChI is InChI=1S/C12H15ClO5/c1-15-9-6-8(12(14)17-3)7-10(11(9)16-2)18-5-4-13/h6-7H,4-5H2,1-3H3. The van der Waals surface area contributed by atoms with E-state index in [2.05, 4.69) is 4.74 Å². The van der Waals surface area contributed by atoms with Gasteiger partial charge in [0, 0.05) is 0 Å². The summed E-state index contributed by atoms with van der Waals surface area (Å²) in [6.07, 6.45) is 0. The second kappa shape index (κ2) is 6.96. The van der Waals surface area contributed by atoms with Gasteiger partial charge in [-0.1, -0.05) is 0 Å². The van der Waals surface area contributed by atoms with Crippen LogP contribution in [0.4, 0.5) is 0 Å². The van der Waals surface area contributed by atoms with Crippen molar-refractivity contribution >= 4 is 17.6 Å². The fraction of sp³-hybridized carbons (Fsp3) is 0.417. The van der Waals surface area contributed by atoms with Gasteiger partial charge in [0.25, 0.3) is 0 Å². The first-order valence-electron chi connectivity index (χ1n) is 5.21.